The summed E-state index contributed by atoms with van der Waals surface area (Å²) in [5.41, 5.74) is 0.344. The van der Waals surface area contributed by atoms with Crippen molar-refractivity contribution >= 4 is 40.3 Å². The molecule has 0 heterocycles. The van der Waals surface area contributed by atoms with Crippen molar-refractivity contribution in [3.05, 3.63) is 73.8 Å². The highest BCUT2D eigenvalue weighted by molar-refractivity contribution is 7.80. The average molecular weight is 388 g/mol. The molecule has 0 atom stereocenters. The number of nitrogens with one attached hydrogen (secondary N) is 2. The van der Waals surface area contributed by atoms with Crippen molar-refractivity contribution in [3.8, 4) is 0 Å². The van der Waals surface area contributed by atoms with Crippen molar-refractivity contribution in [2.24, 2.45) is 0 Å². The van der Waals surface area contributed by atoms with Gasteiger partial charge in [-0.25, -0.2) is 0 Å². The molecule has 0 aliphatic rings. The molecule has 2 rings (SSSR count). The Morgan fingerprint density at radius 2 is 1.59 bits per heavy atom. The zero-order chi connectivity index (χ0) is 20.1. The minimum Gasteiger partial charge on any atom is -0.332 e. The summed E-state index contributed by atoms with van der Waals surface area (Å²) in [4.78, 5) is 32.6. The number of non-ortho nitro benzene ring substituents is 2. The van der Waals surface area contributed by atoms with Gasteiger partial charge in [-0.05, 0) is 29.8 Å². The third kappa shape index (κ3) is 5.05. The number of anilines is 1. The number of amides is 1. The van der Waals surface area contributed by atoms with E-state index in [0.717, 1.165) is 23.8 Å². The first-order valence-corrected chi connectivity index (χ1v) is 8.25. The average Bonchev–Trinajstić information content (AvgIpc) is 2.61. The van der Waals surface area contributed by atoms with Gasteiger partial charge in [-0.1, -0.05) is 32.0 Å². The van der Waals surface area contributed by atoms with E-state index in [-0.39, 0.29) is 16.6 Å². The van der Waals surface area contributed by atoms with Crippen LogP contribution in [0.3, 0.4) is 0 Å². The molecule has 0 aliphatic carbocycles. The van der Waals surface area contributed by atoms with Crippen LogP contribution in [0.5, 0.6) is 0 Å². The van der Waals surface area contributed by atoms with E-state index < -0.39 is 27.1 Å². The van der Waals surface area contributed by atoms with Gasteiger partial charge in [0.2, 0.25) is 0 Å². The van der Waals surface area contributed by atoms with Crippen LogP contribution in [0.15, 0.2) is 42.5 Å². The topological polar surface area (TPSA) is 127 Å². The van der Waals surface area contributed by atoms with Gasteiger partial charge < -0.3 is 5.32 Å². The standard InChI is InChI=1S/C17H16N4O5S/c1-10(2)14-5-3-4-6-15(14)18-17(27)19-16(22)11-7-12(20(23)24)9-13(8-11)21(25)26/h3-10H,1-2H3,(H2,18,19,22,27). The molecule has 0 aliphatic heterocycles. The van der Waals surface area contributed by atoms with Gasteiger partial charge in [0.25, 0.3) is 17.3 Å². The third-order valence-electron chi connectivity index (χ3n) is 3.64. The Morgan fingerprint density at radius 1 is 1.04 bits per heavy atom. The van der Waals surface area contributed by atoms with Crippen LogP contribution in [-0.4, -0.2) is 20.9 Å². The van der Waals surface area contributed by atoms with Crippen LogP contribution in [-0.2, 0) is 0 Å². The summed E-state index contributed by atoms with van der Waals surface area (Å²) in [6.07, 6.45) is 0. The first-order valence-electron chi connectivity index (χ1n) is 7.84. The van der Waals surface area contributed by atoms with Gasteiger partial charge in [-0.3, -0.25) is 30.3 Å². The van der Waals surface area contributed by atoms with Gasteiger partial charge in [0.15, 0.2) is 5.11 Å². The van der Waals surface area contributed by atoms with Crippen LogP contribution in [0.2, 0.25) is 0 Å². The second kappa shape index (κ2) is 8.32. The van der Waals surface area contributed by atoms with Crippen molar-refractivity contribution in [1.29, 1.82) is 0 Å². The fourth-order valence-electron chi connectivity index (χ4n) is 2.38. The lowest BCUT2D eigenvalue weighted by Gasteiger charge is -2.15. The van der Waals surface area contributed by atoms with E-state index in [1.165, 1.54) is 0 Å². The van der Waals surface area contributed by atoms with Crippen LogP contribution < -0.4 is 10.6 Å². The summed E-state index contributed by atoms with van der Waals surface area (Å²) < 4.78 is 0. The van der Waals surface area contributed by atoms with Crippen molar-refractivity contribution in [2.45, 2.75) is 19.8 Å². The lowest BCUT2D eigenvalue weighted by Crippen LogP contribution is -2.34. The number of carbonyl (C=O) groups is 1. The second-order valence-electron chi connectivity index (χ2n) is 5.90. The van der Waals surface area contributed by atoms with E-state index in [2.05, 4.69) is 10.6 Å². The molecule has 140 valence electrons. The monoisotopic (exact) mass is 388 g/mol. The quantitative estimate of drug-likeness (QED) is 0.453. The Bertz CT molecular complexity index is 897. The SMILES string of the molecule is CC(C)c1ccccc1NC(=S)NC(=O)c1cc([N+](=O)[O-])cc([N+](=O)[O-])c1. The molecule has 0 unspecified atom stereocenters. The van der Waals surface area contributed by atoms with E-state index in [9.17, 15) is 25.0 Å². The zero-order valence-corrected chi connectivity index (χ0v) is 15.3. The van der Waals surface area contributed by atoms with E-state index in [4.69, 9.17) is 12.2 Å². The number of hydrogen-bond acceptors (Lipinski definition) is 6. The highest BCUT2D eigenvalue weighted by Crippen LogP contribution is 2.24. The van der Waals surface area contributed by atoms with E-state index in [1.807, 2.05) is 32.0 Å². The van der Waals surface area contributed by atoms with Crippen molar-refractivity contribution in [3.63, 3.8) is 0 Å². The van der Waals surface area contributed by atoms with Crippen molar-refractivity contribution < 1.29 is 14.6 Å². The maximum Gasteiger partial charge on any atom is 0.277 e. The molecule has 27 heavy (non-hydrogen) atoms. The first kappa shape index (κ1) is 19.9. The molecule has 0 aromatic heterocycles. The fourth-order valence-corrected chi connectivity index (χ4v) is 2.58. The molecule has 0 radical (unpaired) electrons. The predicted molar refractivity (Wildman–Crippen MR) is 104 cm³/mol. The number of carbonyl (C=O) groups excluding carboxylic acids is 1. The maximum atomic E-state index is 12.3. The minimum atomic E-state index is -0.806. The van der Waals surface area contributed by atoms with Gasteiger partial charge in [0.05, 0.1) is 21.5 Å². The van der Waals surface area contributed by atoms with E-state index in [1.54, 1.807) is 6.07 Å². The minimum absolute atomic E-state index is 0.0257. The maximum absolute atomic E-state index is 12.3. The molecule has 2 aromatic carbocycles. The van der Waals surface area contributed by atoms with Gasteiger partial charge in [-0.2, -0.15) is 0 Å². The molecule has 0 fully saturated rings. The van der Waals surface area contributed by atoms with Gasteiger partial charge >= 0.3 is 0 Å². The van der Waals surface area contributed by atoms with Crippen LogP contribution >= 0.6 is 12.2 Å². The Hall–Kier alpha value is -3.40. The highest BCUT2D eigenvalue weighted by Gasteiger charge is 2.20. The molecule has 0 bridgehead atoms. The van der Waals surface area contributed by atoms with Gasteiger partial charge in [0.1, 0.15) is 0 Å². The van der Waals surface area contributed by atoms with Gasteiger partial charge in [0, 0.05) is 17.8 Å². The summed E-state index contributed by atoms with van der Waals surface area (Å²) in [7, 11) is 0. The van der Waals surface area contributed by atoms with Crippen molar-refractivity contribution in [2.75, 3.05) is 5.32 Å². The molecule has 0 saturated heterocycles. The number of benzene rings is 2. The summed E-state index contributed by atoms with van der Waals surface area (Å²) in [5.74, 6) is -0.576. The molecule has 2 aromatic rings. The molecule has 2 N–H and O–H groups in total. The third-order valence-corrected chi connectivity index (χ3v) is 3.85. The molecular weight excluding hydrogens is 372 g/mol. The summed E-state index contributed by atoms with van der Waals surface area (Å²) in [6.45, 7) is 4.01. The molecule has 10 heteroatoms. The Kier molecular flexibility index (Phi) is 6.14. The fraction of sp³-hybridized carbons (Fsp3) is 0.176. The number of nitro benzene ring substituents is 2. The smallest absolute Gasteiger partial charge is 0.277 e. The molecule has 1 amide bonds. The zero-order valence-electron chi connectivity index (χ0n) is 14.5. The molecule has 0 saturated carbocycles. The van der Waals surface area contributed by atoms with E-state index in [0.29, 0.717) is 5.69 Å². The number of rotatable bonds is 5. The Morgan fingerprint density at radius 3 is 2.11 bits per heavy atom. The van der Waals surface area contributed by atoms with E-state index >= 15 is 0 Å². The number of nitro groups is 2. The lowest BCUT2D eigenvalue weighted by molar-refractivity contribution is -0.394. The molecule has 9 nitrogen and oxygen atoms in total. The summed E-state index contributed by atoms with van der Waals surface area (Å²) in [6, 6.07) is 10.1. The highest BCUT2D eigenvalue weighted by atomic mass is 32.1. The largest absolute Gasteiger partial charge is 0.332 e. The summed E-state index contributed by atoms with van der Waals surface area (Å²) in [5, 5.41) is 27.1. The Labute approximate surface area is 159 Å². The summed E-state index contributed by atoms with van der Waals surface area (Å²) >= 11 is 5.12. The molecular formula is C17H16N4O5S. The normalized spacial score (nSPS) is 10.3. The van der Waals surface area contributed by atoms with Crippen LogP contribution in [0.4, 0.5) is 17.1 Å². The first-order chi connectivity index (χ1) is 12.7. The van der Waals surface area contributed by atoms with Crippen LogP contribution in [0.25, 0.3) is 0 Å². The lowest BCUT2D eigenvalue weighted by atomic mass is 10.0. The number of para-hydroxylation sites is 1. The van der Waals surface area contributed by atoms with Crippen molar-refractivity contribution in [1.82, 2.24) is 5.32 Å². The number of thiocarbonyl (C=S) groups is 1. The predicted octanol–water partition coefficient (Wildman–Crippen LogP) is 3.75. The van der Waals surface area contributed by atoms with Crippen LogP contribution in [0, 0.1) is 20.2 Å². The second-order valence-corrected chi connectivity index (χ2v) is 6.31. The number of nitrogens with zero attached hydrogens (tertiary/aromatic N) is 2. The van der Waals surface area contributed by atoms with Crippen LogP contribution in [0.1, 0.15) is 35.7 Å². The Balaban J connectivity index is 2.21. The number of hydrogen-bond donors (Lipinski definition) is 2. The molecule has 0 spiro atoms. The van der Waals surface area contributed by atoms with Gasteiger partial charge in [-0.15, -0.1) is 0 Å².